The highest BCUT2D eigenvalue weighted by atomic mass is 16.2. The Bertz CT molecular complexity index is 477. The molecule has 1 aromatic rings. The highest BCUT2D eigenvalue weighted by Gasteiger charge is 2.29. The van der Waals surface area contributed by atoms with Crippen LogP contribution in [0.15, 0.2) is 24.3 Å². The van der Waals surface area contributed by atoms with Crippen molar-refractivity contribution in [3.8, 4) is 0 Å². The Labute approximate surface area is 126 Å². The van der Waals surface area contributed by atoms with Crippen LogP contribution in [0.4, 0.5) is 11.4 Å². The fourth-order valence-electron chi connectivity index (χ4n) is 3.36. The van der Waals surface area contributed by atoms with Crippen LogP contribution in [0, 0.1) is 5.92 Å². The molecule has 2 aliphatic rings. The van der Waals surface area contributed by atoms with Crippen molar-refractivity contribution in [2.45, 2.75) is 32.1 Å². The molecule has 1 aromatic carbocycles. The Morgan fingerprint density at radius 3 is 2.19 bits per heavy atom. The van der Waals surface area contributed by atoms with E-state index >= 15 is 0 Å². The van der Waals surface area contributed by atoms with Crippen LogP contribution in [0.5, 0.6) is 0 Å². The van der Waals surface area contributed by atoms with Crippen LogP contribution in [-0.4, -0.2) is 32.1 Å². The van der Waals surface area contributed by atoms with Gasteiger partial charge in [-0.1, -0.05) is 12.8 Å². The second kappa shape index (κ2) is 6.48. The van der Waals surface area contributed by atoms with E-state index in [0.717, 1.165) is 25.3 Å². The predicted octanol–water partition coefficient (Wildman–Crippen LogP) is 2.38. The van der Waals surface area contributed by atoms with Crippen LogP contribution < -0.4 is 15.5 Å². The molecule has 4 heteroatoms. The molecule has 0 spiro atoms. The third-order valence-electron chi connectivity index (χ3n) is 4.67. The number of rotatable bonds is 3. The Kier molecular flexibility index (Phi) is 4.44. The molecule has 0 saturated carbocycles. The quantitative estimate of drug-likeness (QED) is 0.928. The molecule has 0 aromatic heterocycles. The summed E-state index contributed by atoms with van der Waals surface area (Å²) in [5.74, 6) is 0.510. The molecule has 1 unspecified atom stereocenters. The summed E-state index contributed by atoms with van der Waals surface area (Å²) in [6, 6.07) is 8.47. The highest BCUT2D eigenvalue weighted by molar-refractivity contribution is 5.95. The van der Waals surface area contributed by atoms with E-state index in [4.69, 9.17) is 5.73 Å². The average molecular weight is 287 g/mol. The lowest BCUT2D eigenvalue weighted by Gasteiger charge is -2.24. The topological polar surface area (TPSA) is 49.6 Å². The van der Waals surface area contributed by atoms with Gasteiger partial charge in [-0.2, -0.15) is 0 Å². The van der Waals surface area contributed by atoms with E-state index in [2.05, 4.69) is 29.2 Å². The molecule has 114 valence electrons. The molecule has 2 fully saturated rings. The lowest BCUT2D eigenvalue weighted by atomic mass is 10.1. The van der Waals surface area contributed by atoms with E-state index in [-0.39, 0.29) is 5.91 Å². The summed E-state index contributed by atoms with van der Waals surface area (Å²) >= 11 is 0. The zero-order valence-electron chi connectivity index (χ0n) is 12.6. The summed E-state index contributed by atoms with van der Waals surface area (Å²) in [7, 11) is 0. The minimum Gasteiger partial charge on any atom is -0.372 e. The Hall–Kier alpha value is -1.55. The van der Waals surface area contributed by atoms with Crippen LogP contribution in [0.2, 0.25) is 0 Å². The second-order valence-electron chi connectivity index (χ2n) is 6.23. The van der Waals surface area contributed by atoms with Gasteiger partial charge in [-0.05, 0) is 49.6 Å². The molecular weight excluding hydrogens is 262 g/mol. The number of nitrogens with zero attached hydrogens (tertiary/aromatic N) is 2. The molecule has 0 bridgehead atoms. The molecule has 2 saturated heterocycles. The van der Waals surface area contributed by atoms with E-state index in [1.165, 1.54) is 31.4 Å². The maximum absolute atomic E-state index is 12.0. The van der Waals surface area contributed by atoms with Crippen LogP contribution in [0.3, 0.4) is 0 Å². The van der Waals surface area contributed by atoms with Gasteiger partial charge in [-0.25, -0.2) is 0 Å². The van der Waals surface area contributed by atoms with Gasteiger partial charge >= 0.3 is 0 Å². The summed E-state index contributed by atoms with van der Waals surface area (Å²) in [4.78, 5) is 16.4. The Morgan fingerprint density at radius 1 is 1.00 bits per heavy atom. The van der Waals surface area contributed by atoms with E-state index in [0.29, 0.717) is 18.9 Å². The van der Waals surface area contributed by atoms with Crippen molar-refractivity contribution in [1.29, 1.82) is 0 Å². The first-order chi connectivity index (χ1) is 10.3. The maximum Gasteiger partial charge on any atom is 0.227 e. The molecule has 1 atom stereocenters. The summed E-state index contributed by atoms with van der Waals surface area (Å²) in [6.45, 7) is 3.65. The Balaban J connectivity index is 1.70. The first kappa shape index (κ1) is 14.4. The SMILES string of the molecule is NCC1CC(=O)N(c2ccc(N3CCCCCC3)cc2)C1. The molecule has 0 aliphatic carbocycles. The number of benzene rings is 1. The van der Waals surface area contributed by atoms with E-state index in [1.807, 2.05) is 4.90 Å². The smallest absolute Gasteiger partial charge is 0.227 e. The van der Waals surface area contributed by atoms with Gasteiger partial charge in [0.1, 0.15) is 0 Å². The minimum atomic E-state index is 0.202. The second-order valence-corrected chi connectivity index (χ2v) is 6.23. The van der Waals surface area contributed by atoms with Crippen LogP contribution in [0.1, 0.15) is 32.1 Å². The van der Waals surface area contributed by atoms with Crippen LogP contribution in [-0.2, 0) is 4.79 Å². The number of anilines is 2. The number of carbonyl (C=O) groups excluding carboxylic acids is 1. The first-order valence-electron chi connectivity index (χ1n) is 8.13. The molecule has 0 radical (unpaired) electrons. The van der Waals surface area contributed by atoms with E-state index in [1.54, 1.807) is 0 Å². The number of nitrogens with two attached hydrogens (primary N) is 1. The van der Waals surface area contributed by atoms with Gasteiger partial charge in [-0.15, -0.1) is 0 Å². The van der Waals surface area contributed by atoms with Gasteiger partial charge < -0.3 is 15.5 Å². The van der Waals surface area contributed by atoms with Crippen molar-refractivity contribution in [2.24, 2.45) is 11.7 Å². The summed E-state index contributed by atoms with van der Waals surface area (Å²) in [5, 5.41) is 0. The summed E-state index contributed by atoms with van der Waals surface area (Å²) in [5.41, 5.74) is 7.98. The fourth-order valence-corrected chi connectivity index (χ4v) is 3.36. The van der Waals surface area contributed by atoms with Crippen LogP contribution in [0.25, 0.3) is 0 Å². The number of amides is 1. The van der Waals surface area contributed by atoms with Gasteiger partial charge in [0.15, 0.2) is 0 Å². The Morgan fingerprint density at radius 2 is 1.62 bits per heavy atom. The molecule has 1 amide bonds. The zero-order valence-corrected chi connectivity index (χ0v) is 12.6. The lowest BCUT2D eigenvalue weighted by molar-refractivity contribution is -0.117. The van der Waals surface area contributed by atoms with Crippen molar-refractivity contribution in [1.82, 2.24) is 0 Å². The molecule has 2 N–H and O–H groups in total. The highest BCUT2D eigenvalue weighted by Crippen LogP contribution is 2.27. The van der Waals surface area contributed by atoms with E-state index < -0.39 is 0 Å². The number of hydrogen-bond donors (Lipinski definition) is 1. The predicted molar refractivity (Wildman–Crippen MR) is 86.6 cm³/mol. The molecule has 2 aliphatic heterocycles. The fraction of sp³-hybridized carbons (Fsp3) is 0.588. The minimum absolute atomic E-state index is 0.202. The first-order valence-corrected chi connectivity index (χ1v) is 8.13. The third-order valence-corrected chi connectivity index (χ3v) is 4.67. The molecule has 3 rings (SSSR count). The van der Waals surface area contributed by atoms with Gasteiger partial charge in [-0.3, -0.25) is 4.79 Å². The van der Waals surface area contributed by atoms with Crippen molar-refractivity contribution in [3.63, 3.8) is 0 Å². The third kappa shape index (κ3) is 3.21. The van der Waals surface area contributed by atoms with Gasteiger partial charge in [0.2, 0.25) is 5.91 Å². The van der Waals surface area contributed by atoms with Crippen molar-refractivity contribution in [3.05, 3.63) is 24.3 Å². The van der Waals surface area contributed by atoms with Gasteiger partial charge in [0, 0.05) is 37.4 Å². The molecule has 2 heterocycles. The molecule has 21 heavy (non-hydrogen) atoms. The normalized spacial score (nSPS) is 23.5. The van der Waals surface area contributed by atoms with Crippen molar-refractivity contribution in [2.75, 3.05) is 36.0 Å². The lowest BCUT2D eigenvalue weighted by Crippen LogP contribution is -2.26. The largest absolute Gasteiger partial charge is 0.372 e. The zero-order chi connectivity index (χ0) is 14.7. The standard InChI is InChI=1S/C17H25N3O/c18-12-14-11-17(21)20(13-14)16-7-5-15(6-8-16)19-9-3-1-2-4-10-19/h5-8,14H,1-4,9-13,18H2. The van der Waals surface area contributed by atoms with E-state index in [9.17, 15) is 4.79 Å². The average Bonchev–Trinajstić information content (AvgIpc) is 2.73. The van der Waals surface area contributed by atoms with Gasteiger partial charge in [0.25, 0.3) is 0 Å². The number of hydrogen-bond acceptors (Lipinski definition) is 3. The maximum atomic E-state index is 12.0. The molecule has 4 nitrogen and oxygen atoms in total. The summed E-state index contributed by atoms with van der Waals surface area (Å²) < 4.78 is 0. The molecular formula is C17H25N3O. The van der Waals surface area contributed by atoms with Crippen LogP contribution >= 0.6 is 0 Å². The van der Waals surface area contributed by atoms with Crippen molar-refractivity contribution < 1.29 is 4.79 Å². The monoisotopic (exact) mass is 287 g/mol. The summed E-state index contributed by atoms with van der Waals surface area (Å²) in [6.07, 6.45) is 5.84. The van der Waals surface area contributed by atoms with Gasteiger partial charge in [0.05, 0.1) is 0 Å². The van der Waals surface area contributed by atoms with Crippen molar-refractivity contribution >= 4 is 17.3 Å². The number of carbonyl (C=O) groups is 1.